The van der Waals surface area contributed by atoms with Gasteiger partial charge in [-0.3, -0.25) is 6.08 Å². The molecule has 192 valence electrons. The minimum absolute atomic E-state index is 0. The van der Waals surface area contributed by atoms with E-state index in [2.05, 4.69) is 106 Å². The molecule has 4 aromatic rings. The molecule has 0 saturated heterocycles. The summed E-state index contributed by atoms with van der Waals surface area (Å²) >= 11 is 2.16. The summed E-state index contributed by atoms with van der Waals surface area (Å²) in [6, 6.07) is 38.2. The van der Waals surface area contributed by atoms with Gasteiger partial charge in [0.1, 0.15) is 5.75 Å². The second-order valence-electron chi connectivity index (χ2n) is 8.57. The maximum absolute atomic E-state index is 9.27. The zero-order valence-electron chi connectivity index (χ0n) is 21.8. The number of phenolic OH excluding ortho intramolecular Hbond substituents is 1. The predicted octanol–water partition coefficient (Wildman–Crippen LogP) is 8.53. The first-order valence-electron chi connectivity index (χ1n) is 11.9. The molecule has 0 aliphatic heterocycles. The maximum atomic E-state index is 9.27. The molecular formula is C33H32Cl2OSiTi. The Hall–Kier alpha value is -2.46. The van der Waals surface area contributed by atoms with Crippen molar-refractivity contribution in [1.29, 1.82) is 0 Å². The van der Waals surface area contributed by atoms with Crippen molar-refractivity contribution in [2.45, 2.75) is 20.8 Å². The summed E-state index contributed by atoms with van der Waals surface area (Å²) in [4.78, 5) is 0. The van der Waals surface area contributed by atoms with Crippen LogP contribution in [-0.4, -0.2) is 19.2 Å². The normalized spacial score (nSPS) is 13.4. The first kappa shape index (κ1) is 33.6. The quantitative estimate of drug-likeness (QED) is 0.187. The summed E-state index contributed by atoms with van der Waals surface area (Å²) < 4.78 is 1.33. The van der Waals surface area contributed by atoms with Gasteiger partial charge in [-0.1, -0.05) is 62.2 Å². The van der Waals surface area contributed by atoms with Crippen molar-refractivity contribution in [3.63, 3.8) is 0 Å². The Balaban J connectivity index is 0.000000284. The number of benzene rings is 4. The van der Waals surface area contributed by atoms with Gasteiger partial charge < -0.3 is 5.11 Å². The van der Waals surface area contributed by atoms with Crippen LogP contribution in [0.3, 0.4) is 0 Å². The average molecular weight is 591 g/mol. The van der Waals surface area contributed by atoms with Gasteiger partial charge in [0.05, 0.1) is 0 Å². The summed E-state index contributed by atoms with van der Waals surface area (Å²) in [5.74, 6) is 0.818. The van der Waals surface area contributed by atoms with E-state index in [0.717, 1.165) is 16.3 Å². The van der Waals surface area contributed by atoms with Crippen LogP contribution >= 0.6 is 24.8 Å². The van der Waals surface area contributed by atoms with Crippen molar-refractivity contribution in [1.82, 2.24) is 0 Å². The van der Waals surface area contributed by atoms with Crippen molar-refractivity contribution in [3.8, 4) is 16.9 Å². The Labute approximate surface area is 254 Å². The molecule has 0 fully saturated rings. The van der Waals surface area contributed by atoms with E-state index >= 15 is 0 Å². The molecular weight excluding hydrogens is 559 g/mol. The van der Waals surface area contributed by atoms with E-state index in [-0.39, 0.29) is 24.8 Å². The first-order valence-corrected chi connectivity index (χ1v) is 13.2. The minimum atomic E-state index is 0. The molecule has 1 atom stereocenters. The Morgan fingerprint density at radius 3 is 1.53 bits per heavy atom. The van der Waals surface area contributed by atoms with Gasteiger partial charge in [-0.05, 0) is 23.3 Å². The fourth-order valence-corrected chi connectivity index (χ4v) is 4.58. The van der Waals surface area contributed by atoms with Gasteiger partial charge in [0, 0.05) is 10.2 Å². The number of halogens is 2. The Kier molecular flexibility index (Phi) is 15.2. The van der Waals surface area contributed by atoms with E-state index in [9.17, 15) is 5.11 Å². The van der Waals surface area contributed by atoms with E-state index in [1.165, 1.54) is 26.1 Å². The Bertz CT molecular complexity index is 1300. The number of hydrogen-bond donors (Lipinski definition) is 1. The van der Waals surface area contributed by atoms with Gasteiger partial charge in [0.25, 0.3) is 0 Å². The first-order chi connectivity index (χ1) is 17.4. The van der Waals surface area contributed by atoms with Crippen molar-refractivity contribution in [3.05, 3.63) is 149 Å². The fraction of sp³-hybridized carbons (Fsp3) is 0.121. The number of aromatic hydroxyl groups is 1. The van der Waals surface area contributed by atoms with Crippen LogP contribution in [0.2, 0.25) is 0 Å². The molecule has 1 aliphatic rings. The SMILES string of the molecule is CC1=C(C)C(C)[C-]=C1[Si].Cl.Cl.Oc1cccc(-c2ccccc2)c1.[Ti+]=[C](c1ccccc1)c1ccccc1. The molecule has 5 rings (SSSR count). The Morgan fingerprint density at radius 2 is 1.16 bits per heavy atom. The molecule has 0 aromatic heterocycles. The molecule has 0 amide bonds. The van der Waals surface area contributed by atoms with Gasteiger partial charge in [-0.25, -0.2) is 10.8 Å². The number of allylic oxidation sites excluding steroid dienone is 4. The third-order valence-electron chi connectivity index (χ3n) is 6.06. The van der Waals surface area contributed by atoms with Crippen LogP contribution in [0.15, 0.2) is 132 Å². The van der Waals surface area contributed by atoms with E-state index in [4.69, 9.17) is 0 Å². The topological polar surface area (TPSA) is 20.2 Å². The fourth-order valence-electron chi connectivity index (χ4n) is 3.65. The van der Waals surface area contributed by atoms with Crippen molar-refractivity contribution in [2.75, 3.05) is 0 Å². The van der Waals surface area contributed by atoms with Gasteiger partial charge in [-0.15, -0.1) is 31.7 Å². The number of phenols is 1. The molecule has 38 heavy (non-hydrogen) atoms. The summed E-state index contributed by atoms with van der Waals surface area (Å²) in [6.07, 6.45) is 3.27. The van der Waals surface area contributed by atoms with Crippen LogP contribution in [0.4, 0.5) is 0 Å². The van der Waals surface area contributed by atoms with E-state index in [1.54, 1.807) is 12.1 Å². The third-order valence-corrected chi connectivity index (χ3v) is 7.48. The third kappa shape index (κ3) is 10.0. The summed E-state index contributed by atoms with van der Waals surface area (Å²) in [5.41, 5.74) is 7.52. The molecule has 0 bridgehead atoms. The zero-order chi connectivity index (χ0) is 25.9. The van der Waals surface area contributed by atoms with Crippen LogP contribution in [-0.2, 0) is 20.0 Å². The van der Waals surface area contributed by atoms with Crippen LogP contribution in [0.5, 0.6) is 5.75 Å². The average Bonchev–Trinajstić information content (AvgIpc) is 3.15. The molecule has 1 N–H and O–H groups in total. The summed E-state index contributed by atoms with van der Waals surface area (Å²) in [5, 5.41) is 10.4. The van der Waals surface area contributed by atoms with Crippen molar-refractivity contribution in [2.24, 2.45) is 5.92 Å². The molecule has 1 nitrogen and oxygen atoms in total. The second kappa shape index (κ2) is 17.2. The molecule has 3 radical (unpaired) electrons. The van der Waals surface area contributed by atoms with Gasteiger partial charge in [0.15, 0.2) is 0 Å². The molecule has 5 heteroatoms. The Morgan fingerprint density at radius 1 is 0.711 bits per heavy atom. The van der Waals surface area contributed by atoms with Crippen LogP contribution in [0.25, 0.3) is 11.1 Å². The van der Waals surface area contributed by atoms with E-state index < -0.39 is 0 Å². The molecule has 1 aliphatic carbocycles. The molecule has 0 saturated carbocycles. The standard InChI is InChI=1S/C13H10.C12H10O.C8H10Si.2ClH.Ti/c1-3-7-12(8-4-1)11-13-9-5-2-6-10-13;13-12-8-4-7-11(9-12)10-5-2-1-3-6-10;1-5-4-8(9)7(3)6(5)2;;;/h1-10H;1-9,13H;5H,1-3H3;2*1H;/q;;-1;;;+1. The number of hydrogen-bond acceptors (Lipinski definition) is 1. The van der Waals surface area contributed by atoms with Crippen LogP contribution in [0, 0.1) is 12.0 Å². The van der Waals surface area contributed by atoms with Gasteiger partial charge in [-0.2, -0.15) is 5.57 Å². The van der Waals surface area contributed by atoms with Crippen molar-refractivity contribution >= 4 is 38.9 Å². The molecule has 4 aromatic carbocycles. The monoisotopic (exact) mass is 590 g/mol. The summed E-state index contributed by atoms with van der Waals surface area (Å²) in [6.45, 7) is 6.43. The molecule has 0 spiro atoms. The van der Waals surface area contributed by atoms with E-state index in [1.807, 2.05) is 54.6 Å². The second-order valence-corrected chi connectivity index (χ2v) is 9.85. The van der Waals surface area contributed by atoms with Crippen LogP contribution in [0.1, 0.15) is 31.9 Å². The number of rotatable bonds is 3. The van der Waals surface area contributed by atoms with Gasteiger partial charge in [0.2, 0.25) is 0 Å². The van der Waals surface area contributed by atoms with Crippen LogP contribution < -0.4 is 0 Å². The molecule has 0 heterocycles. The zero-order valence-corrected chi connectivity index (χ0v) is 26.0. The predicted molar refractivity (Wildman–Crippen MR) is 164 cm³/mol. The van der Waals surface area contributed by atoms with Crippen molar-refractivity contribution < 1.29 is 25.1 Å². The summed E-state index contributed by atoms with van der Waals surface area (Å²) in [7, 11) is 3.48. The van der Waals surface area contributed by atoms with Gasteiger partial charge >= 0.3 is 95.6 Å². The molecule has 1 unspecified atom stereocenters. The van der Waals surface area contributed by atoms with E-state index in [0.29, 0.717) is 11.7 Å².